The van der Waals surface area contributed by atoms with Crippen molar-refractivity contribution in [3.8, 4) is 0 Å². The van der Waals surface area contributed by atoms with E-state index in [2.05, 4.69) is 0 Å². The van der Waals surface area contributed by atoms with Crippen molar-refractivity contribution in [2.75, 3.05) is 0 Å². The van der Waals surface area contributed by atoms with Crippen LogP contribution in [0.5, 0.6) is 0 Å². The van der Waals surface area contributed by atoms with Crippen molar-refractivity contribution in [2.24, 2.45) is 0 Å². The molecule has 0 saturated heterocycles. The second-order valence-corrected chi connectivity index (χ2v) is 4.70. The molecule has 0 heterocycles. The maximum atomic E-state index is 12.4. The minimum atomic E-state index is -5.04. The Labute approximate surface area is 86.4 Å². The highest BCUT2D eigenvalue weighted by atomic mass is 19.4. The van der Waals surface area contributed by atoms with Crippen molar-refractivity contribution in [3.63, 3.8) is 0 Å². The normalized spacial score (nSPS) is 37.4. The van der Waals surface area contributed by atoms with Crippen LogP contribution in [0.3, 0.4) is 0 Å². The quantitative estimate of drug-likeness (QED) is 0.587. The Kier molecular flexibility index (Phi) is 1.94. The van der Waals surface area contributed by atoms with Gasteiger partial charge in [0.15, 0.2) is 0 Å². The van der Waals surface area contributed by atoms with Crippen LogP contribution in [0.1, 0.15) is 19.3 Å². The van der Waals surface area contributed by atoms with Crippen LogP contribution < -0.4 is 5.32 Å². The second kappa shape index (κ2) is 2.68. The van der Waals surface area contributed by atoms with Gasteiger partial charge in [-0.25, -0.2) is 0 Å². The fraction of sp³-hybridized carbons (Fsp3) is 0.857. The number of nitrogens with one attached hydrogen (secondary N) is 1. The summed E-state index contributed by atoms with van der Waals surface area (Å²) in [4.78, 5) is 10.5. The zero-order valence-corrected chi connectivity index (χ0v) is 7.87. The standard InChI is InChI=1S/C7H7BF6NO/c9-7(10,11)4(16)15-6-1-5(2-6,3-6)8(12,13)14/h1-3H2,(H,15,16)/q-1. The molecule has 3 aliphatic rings. The van der Waals surface area contributed by atoms with Gasteiger partial charge in [0, 0.05) is 5.54 Å². The zero-order chi connectivity index (χ0) is 12.4. The van der Waals surface area contributed by atoms with Gasteiger partial charge in [-0.3, -0.25) is 4.79 Å². The van der Waals surface area contributed by atoms with Gasteiger partial charge in [0.2, 0.25) is 0 Å². The van der Waals surface area contributed by atoms with Crippen molar-refractivity contribution in [3.05, 3.63) is 0 Å². The molecule has 0 aromatic rings. The molecular weight excluding hydrogens is 239 g/mol. The lowest BCUT2D eigenvalue weighted by Crippen LogP contribution is -2.76. The summed E-state index contributed by atoms with van der Waals surface area (Å²) in [5, 5.41) is -0.151. The largest absolute Gasteiger partial charge is 0.484 e. The first kappa shape index (κ1) is 11.6. The van der Waals surface area contributed by atoms with Gasteiger partial charge in [-0.2, -0.15) is 13.2 Å². The Morgan fingerprint density at radius 3 is 1.88 bits per heavy atom. The summed E-state index contributed by atoms with van der Waals surface area (Å²) in [6.07, 6.45) is -6.27. The molecule has 0 aromatic carbocycles. The molecule has 3 fully saturated rings. The molecule has 0 aliphatic heterocycles. The molecule has 1 N–H and O–H groups in total. The van der Waals surface area contributed by atoms with Crippen LogP contribution in [0.4, 0.5) is 26.1 Å². The first-order valence-electron chi connectivity index (χ1n) is 4.59. The number of hydrogen-bond acceptors (Lipinski definition) is 1. The minimum Gasteiger partial charge on any atom is -0.449 e. The molecule has 0 aromatic heterocycles. The molecule has 3 rings (SSSR count). The summed E-state index contributed by atoms with van der Waals surface area (Å²) in [6, 6.07) is 0. The molecule has 1 amide bonds. The summed E-state index contributed by atoms with van der Waals surface area (Å²) in [5.41, 5.74) is -1.26. The van der Waals surface area contributed by atoms with Crippen LogP contribution in [-0.4, -0.2) is 24.6 Å². The van der Waals surface area contributed by atoms with Crippen LogP contribution in [-0.2, 0) is 4.79 Å². The molecule has 2 nitrogen and oxygen atoms in total. The predicted molar refractivity (Wildman–Crippen MR) is 42.6 cm³/mol. The maximum Gasteiger partial charge on any atom is 0.484 e. The Balaban J connectivity index is 1.93. The van der Waals surface area contributed by atoms with Crippen LogP contribution >= 0.6 is 0 Å². The fourth-order valence-corrected chi connectivity index (χ4v) is 2.66. The summed E-state index contributed by atoms with van der Waals surface area (Å²) >= 11 is 0. The average Bonchev–Trinajstić information content (AvgIpc) is 1.87. The topological polar surface area (TPSA) is 29.1 Å². The van der Waals surface area contributed by atoms with Crippen molar-refractivity contribution in [1.82, 2.24) is 5.32 Å². The lowest BCUT2D eigenvalue weighted by molar-refractivity contribution is -0.183. The highest BCUT2D eigenvalue weighted by Crippen LogP contribution is 2.77. The van der Waals surface area contributed by atoms with Gasteiger partial charge in [0.25, 0.3) is 0 Å². The van der Waals surface area contributed by atoms with E-state index in [4.69, 9.17) is 0 Å². The van der Waals surface area contributed by atoms with Gasteiger partial charge in [0.1, 0.15) is 0 Å². The van der Waals surface area contributed by atoms with Gasteiger partial charge in [0.05, 0.1) is 0 Å². The monoisotopic (exact) mass is 246 g/mol. The van der Waals surface area contributed by atoms with E-state index in [9.17, 15) is 30.9 Å². The van der Waals surface area contributed by atoms with E-state index in [1.54, 1.807) is 5.32 Å². The number of rotatable bonds is 2. The van der Waals surface area contributed by atoms with Crippen molar-refractivity contribution < 1.29 is 30.9 Å². The first-order valence-corrected chi connectivity index (χ1v) is 4.59. The molecular formula is C7H7BF6NO-. The van der Waals surface area contributed by atoms with Gasteiger partial charge in [-0.05, 0) is 19.3 Å². The summed E-state index contributed by atoms with van der Waals surface area (Å²) in [5.74, 6) is -2.16. The highest BCUT2D eigenvalue weighted by molar-refractivity contribution is 6.63. The molecule has 92 valence electrons. The van der Waals surface area contributed by atoms with Crippen molar-refractivity contribution in [1.29, 1.82) is 0 Å². The zero-order valence-electron chi connectivity index (χ0n) is 7.87. The van der Waals surface area contributed by atoms with Crippen LogP contribution in [0.15, 0.2) is 0 Å². The van der Waals surface area contributed by atoms with Crippen molar-refractivity contribution in [2.45, 2.75) is 36.3 Å². The van der Waals surface area contributed by atoms with E-state index in [1.165, 1.54) is 0 Å². The third-order valence-corrected chi connectivity index (χ3v) is 3.40. The summed E-state index contributed by atoms with van der Waals surface area (Å²) in [7, 11) is 0. The molecule has 0 spiro atoms. The summed E-state index contributed by atoms with van der Waals surface area (Å²) in [6.45, 7) is -5.03. The van der Waals surface area contributed by atoms with Gasteiger partial charge >= 0.3 is 19.1 Å². The molecule has 9 heteroatoms. The van der Waals surface area contributed by atoms with Crippen LogP contribution in [0.25, 0.3) is 0 Å². The third-order valence-electron chi connectivity index (χ3n) is 3.40. The molecule has 0 radical (unpaired) electrons. The van der Waals surface area contributed by atoms with Crippen molar-refractivity contribution >= 4 is 12.9 Å². The van der Waals surface area contributed by atoms with E-state index >= 15 is 0 Å². The highest BCUT2D eigenvalue weighted by Gasteiger charge is 2.75. The number of hydrogen-bond donors (Lipinski definition) is 1. The SMILES string of the molecule is O=C(NC12CC([B-](F)(F)F)(C1)C2)C(F)(F)F. The lowest BCUT2D eigenvalue weighted by Gasteiger charge is -2.75. The number of carbonyl (C=O) groups excluding carboxylic acids is 1. The molecule has 0 unspecified atom stereocenters. The first-order chi connectivity index (χ1) is 7.00. The van der Waals surface area contributed by atoms with E-state index < -0.39 is 49.2 Å². The molecule has 0 atom stereocenters. The van der Waals surface area contributed by atoms with E-state index in [1.807, 2.05) is 0 Å². The Morgan fingerprint density at radius 2 is 1.56 bits per heavy atom. The Morgan fingerprint density at radius 1 is 1.12 bits per heavy atom. The molecule has 16 heavy (non-hydrogen) atoms. The maximum absolute atomic E-state index is 12.4. The van der Waals surface area contributed by atoms with Gasteiger partial charge < -0.3 is 18.3 Å². The van der Waals surface area contributed by atoms with E-state index in [-0.39, 0.29) is 0 Å². The summed E-state index contributed by atoms with van der Waals surface area (Å²) < 4.78 is 72.7. The van der Waals surface area contributed by atoms with Gasteiger partial charge in [-0.15, -0.1) is 0 Å². The molecule has 3 saturated carbocycles. The predicted octanol–water partition coefficient (Wildman–Crippen LogP) is 2.19. The molecule has 2 bridgehead atoms. The number of halogens is 6. The molecule has 3 aliphatic carbocycles. The smallest absolute Gasteiger partial charge is 0.449 e. The Bertz CT molecular complexity index is 328. The minimum absolute atomic E-state index is 0.411. The van der Waals surface area contributed by atoms with E-state index in [0.29, 0.717) is 0 Å². The van der Waals surface area contributed by atoms with Gasteiger partial charge in [-0.1, -0.05) is 5.31 Å². The van der Waals surface area contributed by atoms with Crippen LogP contribution in [0, 0.1) is 0 Å². The number of alkyl halides is 3. The average molecular weight is 246 g/mol. The third kappa shape index (κ3) is 1.40. The Hall–Kier alpha value is -0.885. The number of carbonyl (C=O) groups is 1. The van der Waals surface area contributed by atoms with Crippen LogP contribution in [0.2, 0.25) is 5.31 Å². The second-order valence-electron chi connectivity index (χ2n) is 4.70. The van der Waals surface area contributed by atoms with E-state index in [0.717, 1.165) is 0 Å². The fourth-order valence-electron chi connectivity index (χ4n) is 2.66. The lowest BCUT2D eigenvalue weighted by atomic mass is 9.27. The number of amides is 1.